The molecule has 0 aromatic heterocycles. The Labute approximate surface area is 96.3 Å². The molecule has 0 bridgehead atoms. The molecule has 0 aliphatic carbocycles. The lowest BCUT2D eigenvalue weighted by Gasteiger charge is -2.35. The van der Waals surface area contributed by atoms with E-state index in [1.165, 1.54) is 0 Å². The maximum atomic E-state index is 5.53. The zero-order valence-corrected chi connectivity index (χ0v) is 10.2. The summed E-state index contributed by atoms with van der Waals surface area (Å²) < 4.78 is 11.1. The molecule has 1 fully saturated rings. The topological polar surface area (TPSA) is 30.5 Å². The zero-order chi connectivity index (χ0) is 11.1. The summed E-state index contributed by atoms with van der Waals surface area (Å²) in [7, 11) is 0. The minimum absolute atomic E-state index is 0.310. The highest BCUT2D eigenvalue weighted by molar-refractivity contribution is 7.99. The minimum atomic E-state index is -0.420. The van der Waals surface area contributed by atoms with Crippen molar-refractivity contribution >= 4 is 11.8 Å². The molecule has 0 amide bonds. The first-order chi connectivity index (χ1) is 7.14. The number of rotatable bonds is 5. The second kappa shape index (κ2) is 6.39. The molecule has 1 rings (SSSR count). The number of terminal acetylenes is 1. The average molecular weight is 229 g/mol. The maximum Gasteiger partial charge on any atom is 0.162 e. The van der Waals surface area contributed by atoms with E-state index in [1.54, 1.807) is 11.8 Å². The van der Waals surface area contributed by atoms with Gasteiger partial charge < -0.3 is 14.8 Å². The van der Waals surface area contributed by atoms with Crippen molar-refractivity contribution in [1.82, 2.24) is 5.32 Å². The van der Waals surface area contributed by atoms with Crippen molar-refractivity contribution in [3.63, 3.8) is 0 Å². The molecule has 0 radical (unpaired) electrons. The summed E-state index contributed by atoms with van der Waals surface area (Å²) in [4.78, 5) is 0. The molecule has 1 aliphatic rings. The summed E-state index contributed by atoms with van der Waals surface area (Å²) in [5.74, 6) is 4.00. The van der Waals surface area contributed by atoms with E-state index >= 15 is 0 Å². The lowest BCUT2D eigenvalue weighted by atomic mass is 10.2. The van der Waals surface area contributed by atoms with Crippen LogP contribution in [-0.4, -0.2) is 43.1 Å². The molecule has 15 heavy (non-hydrogen) atoms. The molecular weight excluding hydrogens is 210 g/mol. The van der Waals surface area contributed by atoms with Crippen molar-refractivity contribution in [1.29, 1.82) is 0 Å². The third-order valence-corrected chi connectivity index (χ3v) is 2.99. The molecule has 3 nitrogen and oxygen atoms in total. The van der Waals surface area contributed by atoms with Gasteiger partial charge in [0.15, 0.2) is 5.79 Å². The fraction of sp³-hybridized carbons (Fsp3) is 0.818. The highest BCUT2D eigenvalue weighted by atomic mass is 32.2. The molecular formula is C11H19NO2S. The molecule has 0 unspecified atom stereocenters. The normalized spacial score (nSPS) is 21.1. The molecule has 0 atom stereocenters. The standard InChI is InChI=1S/C11H19NO2S/c1-4-6-15-7-5-12-10-8-13-11(2,3)14-9-10/h1,10,12H,5-9H2,2-3H3. The van der Waals surface area contributed by atoms with Crippen LogP contribution in [0.5, 0.6) is 0 Å². The third kappa shape index (κ3) is 5.43. The monoisotopic (exact) mass is 229 g/mol. The van der Waals surface area contributed by atoms with Crippen LogP contribution in [0.4, 0.5) is 0 Å². The fourth-order valence-corrected chi connectivity index (χ4v) is 1.80. The third-order valence-electron chi connectivity index (χ3n) is 2.13. The van der Waals surface area contributed by atoms with Gasteiger partial charge in [0.25, 0.3) is 0 Å². The van der Waals surface area contributed by atoms with Gasteiger partial charge in [0.1, 0.15) is 0 Å². The van der Waals surface area contributed by atoms with Gasteiger partial charge in [0.2, 0.25) is 0 Å². The molecule has 1 heterocycles. The highest BCUT2D eigenvalue weighted by Crippen LogP contribution is 2.16. The van der Waals surface area contributed by atoms with Crippen molar-refractivity contribution in [2.45, 2.75) is 25.7 Å². The Morgan fingerprint density at radius 1 is 1.47 bits per heavy atom. The summed E-state index contributed by atoms with van der Waals surface area (Å²) >= 11 is 1.76. The van der Waals surface area contributed by atoms with Crippen molar-refractivity contribution in [3.05, 3.63) is 0 Å². The first kappa shape index (κ1) is 12.9. The van der Waals surface area contributed by atoms with Gasteiger partial charge in [-0.3, -0.25) is 0 Å². The largest absolute Gasteiger partial charge is 0.349 e. The number of nitrogens with one attached hydrogen (secondary N) is 1. The maximum absolute atomic E-state index is 5.53. The number of ether oxygens (including phenoxy) is 2. The van der Waals surface area contributed by atoms with Gasteiger partial charge in [0.05, 0.1) is 25.0 Å². The predicted octanol–water partition coefficient (Wildman–Crippen LogP) is 1.09. The quantitative estimate of drug-likeness (QED) is 0.565. The molecule has 0 aromatic rings. The summed E-state index contributed by atoms with van der Waals surface area (Å²) in [5, 5.41) is 3.38. The van der Waals surface area contributed by atoms with Crippen LogP contribution in [0.15, 0.2) is 0 Å². The highest BCUT2D eigenvalue weighted by Gasteiger charge is 2.27. The molecule has 1 N–H and O–H groups in total. The van der Waals surface area contributed by atoms with E-state index in [4.69, 9.17) is 15.9 Å². The Morgan fingerprint density at radius 2 is 2.13 bits per heavy atom. The molecule has 0 spiro atoms. The molecule has 4 heteroatoms. The van der Waals surface area contributed by atoms with E-state index in [0.29, 0.717) is 19.3 Å². The molecule has 0 aromatic carbocycles. The van der Waals surface area contributed by atoms with Crippen LogP contribution in [0.2, 0.25) is 0 Å². The van der Waals surface area contributed by atoms with Crippen LogP contribution >= 0.6 is 11.8 Å². The van der Waals surface area contributed by atoms with Gasteiger partial charge in [-0.2, -0.15) is 0 Å². The molecule has 1 saturated heterocycles. The summed E-state index contributed by atoms with van der Waals surface area (Å²) in [5.41, 5.74) is 0. The van der Waals surface area contributed by atoms with E-state index in [-0.39, 0.29) is 0 Å². The average Bonchev–Trinajstić information content (AvgIpc) is 2.20. The van der Waals surface area contributed by atoms with E-state index in [1.807, 2.05) is 13.8 Å². The first-order valence-corrected chi connectivity index (χ1v) is 6.32. The van der Waals surface area contributed by atoms with Gasteiger partial charge in [-0.25, -0.2) is 0 Å². The summed E-state index contributed by atoms with van der Waals surface area (Å²) in [6.45, 7) is 6.25. The zero-order valence-electron chi connectivity index (χ0n) is 9.41. The number of hydrogen-bond acceptors (Lipinski definition) is 4. The Morgan fingerprint density at radius 3 is 2.73 bits per heavy atom. The predicted molar refractivity (Wildman–Crippen MR) is 63.9 cm³/mol. The van der Waals surface area contributed by atoms with Gasteiger partial charge in [0, 0.05) is 12.3 Å². The summed E-state index contributed by atoms with van der Waals surface area (Å²) in [6, 6.07) is 0.310. The van der Waals surface area contributed by atoms with Crippen molar-refractivity contribution in [2.75, 3.05) is 31.3 Å². The summed E-state index contributed by atoms with van der Waals surface area (Å²) in [6.07, 6.45) is 5.15. The number of thioether (sulfide) groups is 1. The second-order valence-electron chi connectivity index (χ2n) is 3.93. The van der Waals surface area contributed by atoms with Crippen molar-refractivity contribution < 1.29 is 9.47 Å². The van der Waals surface area contributed by atoms with Gasteiger partial charge in [-0.1, -0.05) is 5.92 Å². The van der Waals surface area contributed by atoms with Crippen LogP contribution in [0.25, 0.3) is 0 Å². The lowest BCUT2D eigenvalue weighted by molar-refractivity contribution is -0.252. The van der Waals surface area contributed by atoms with E-state index < -0.39 is 5.79 Å². The van der Waals surface area contributed by atoms with Gasteiger partial charge in [-0.15, -0.1) is 18.2 Å². The van der Waals surface area contributed by atoms with Crippen LogP contribution in [-0.2, 0) is 9.47 Å². The molecule has 86 valence electrons. The first-order valence-electron chi connectivity index (χ1n) is 5.16. The Balaban J connectivity index is 2.02. The number of hydrogen-bond donors (Lipinski definition) is 1. The Bertz CT molecular complexity index is 215. The SMILES string of the molecule is C#CCSCCNC1COC(C)(C)OC1. The smallest absolute Gasteiger partial charge is 0.162 e. The lowest BCUT2D eigenvalue weighted by Crippen LogP contribution is -2.49. The minimum Gasteiger partial charge on any atom is -0.349 e. The van der Waals surface area contributed by atoms with E-state index in [9.17, 15) is 0 Å². The second-order valence-corrected chi connectivity index (χ2v) is 5.03. The van der Waals surface area contributed by atoms with E-state index in [0.717, 1.165) is 18.1 Å². The fourth-order valence-electron chi connectivity index (χ4n) is 1.28. The van der Waals surface area contributed by atoms with E-state index in [2.05, 4.69) is 11.2 Å². The van der Waals surface area contributed by atoms with Crippen molar-refractivity contribution in [2.24, 2.45) is 0 Å². The van der Waals surface area contributed by atoms with Crippen molar-refractivity contribution in [3.8, 4) is 12.3 Å². The van der Waals surface area contributed by atoms with Crippen LogP contribution in [0.3, 0.4) is 0 Å². The van der Waals surface area contributed by atoms with Gasteiger partial charge in [-0.05, 0) is 13.8 Å². The molecule has 0 saturated carbocycles. The van der Waals surface area contributed by atoms with Gasteiger partial charge >= 0.3 is 0 Å². The Kier molecular flexibility index (Phi) is 5.48. The van der Waals surface area contributed by atoms with Crippen LogP contribution in [0, 0.1) is 12.3 Å². The van der Waals surface area contributed by atoms with Crippen LogP contribution < -0.4 is 5.32 Å². The Hall–Kier alpha value is -0.210. The molecule has 1 aliphatic heterocycles. The van der Waals surface area contributed by atoms with Crippen LogP contribution in [0.1, 0.15) is 13.8 Å².